The van der Waals surface area contributed by atoms with Gasteiger partial charge >= 0.3 is 0 Å². The van der Waals surface area contributed by atoms with Crippen LogP contribution >= 0.6 is 0 Å². The third-order valence-corrected chi connectivity index (χ3v) is 9.97. The van der Waals surface area contributed by atoms with Crippen molar-refractivity contribution in [1.29, 1.82) is 0 Å². The molecule has 0 amide bonds. The average Bonchev–Trinajstić information content (AvgIpc) is 3.53. The third kappa shape index (κ3) is 4.38. The Morgan fingerprint density at radius 1 is 0.347 bits per heavy atom. The number of benzene rings is 8. The Kier molecular flexibility index (Phi) is 6.22. The zero-order valence-corrected chi connectivity index (χ0v) is 26.7. The molecule has 228 valence electrons. The highest BCUT2D eigenvalue weighted by molar-refractivity contribution is 6.28. The highest BCUT2D eigenvalue weighted by Gasteiger charge is 2.20. The molecular weight excluding hydrogens is 593 g/mol. The summed E-state index contributed by atoms with van der Waals surface area (Å²) in [7, 11) is 0. The minimum Gasteiger partial charge on any atom is -0.309 e. The van der Waals surface area contributed by atoms with Crippen LogP contribution in [0, 0.1) is 0 Å². The van der Waals surface area contributed by atoms with Crippen molar-refractivity contribution in [2.45, 2.75) is 0 Å². The van der Waals surface area contributed by atoms with Crippen LogP contribution in [0.3, 0.4) is 0 Å². The molecule has 0 fully saturated rings. The summed E-state index contributed by atoms with van der Waals surface area (Å²) in [6.45, 7) is 0. The SMILES string of the molecule is c1ccc(-c2cc(-c3ccccc3)nc(-c3ccc(-n4c5ccc6ccccc6c5c5c6ccccc6ccc54)c4ccccc34)c2)cc1. The van der Waals surface area contributed by atoms with Gasteiger partial charge in [0.1, 0.15) is 0 Å². The van der Waals surface area contributed by atoms with Gasteiger partial charge in [0, 0.05) is 27.3 Å². The van der Waals surface area contributed by atoms with Crippen molar-refractivity contribution in [2.75, 3.05) is 0 Å². The number of rotatable bonds is 4. The van der Waals surface area contributed by atoms with Crippen molar-refractivity contribution < 1.29 is 0 Å². The number of hydrogen-bond donors (Lipinski definition) is 0. The van der Waals surface area contributed by atoms with Crippen molar-refractivity contribution >= 4 is 54.1 Å². The molecule has 0 N–H and O–H groups in total. The minimum atomic E-state index is 0.960. The van der Waals surface area contributed by atoms with E-state index in [9.17, 15) is 0 Å². The maximum atomic E-state index is 5.30. The lowest BCUT2D eigenvalue weighted by Gasteiger charge is -2.16. The summed E-state index contributed by atoms with van der Waals surface area (Å²) in [5, 5.41) is 10.0. The number of aromatic nitrogens is 2. The summed E-state index contributed by atoms with van der Waals surface area (Å²) < 4.78 is 2.47. The molecule has 10 aromatic rings. The van der Waals surface area contributed by atoms with Gasteiger partial charge in [-0.05, 0) is 68.4 Å². The van der Waals surface area contributed by atoms with Gasteiger partial charge in [0.25, 0.3) is 0 Å². The third-order valence-electron chi connectivity index (χ3n) is 9.97. The van der Waals surface area contributed by atoms with E-state index in [0.717, 1.165) is 33.8 Å². The van der Waals surface area contributed by atoms with Crippen molar-refractivity contribution in [3.63, 3.8) is 0 Å². The Morgan fingerprint density at radius 2 is 0.857 bits per heavy atom. The van der Waals surface area contributed by atoms with E-state index in [1.807, 2.05) is 0 Å². The van der Waals surface area contributed by atoms with Crippen LogP contribution in [0.2, 0.25) is 0 Å². The van der Waals surface area contributed by atoms with Crippen LogP contribution in [0.1, 0.15) is 0 Å². The van der Waals surface area contributed by atoms with Gasteiger partial charge in [-0.25, -0.2) is 4.98 Å². The first-order valence-electron chi connectivity index (χ1n) is 16.8. The Morgan fingerprint density at radius 3 is 1.49 bits per heavy atom. The van der Waals surface area contributed by atoms with Crippen molar-refractivity contribution in [3.05, 3.63) is 182 Å². The molecule has 0 aliphatic rings. The van der Waals surface area contributed by atoms with Crippen molar-refractivity contribution in [3.8, 4) is 39.3 Å². The summed E-state index contributed by atoms with van der Waals surface area (Å²) >= 11 is 0. The summed E-state index contributed by atoms with van der Waals surface area (Å²) in [4.78, 5) is 5.30. The molecule has 0 bridgehead atoms. The van der Waals surface area contributed by atoms with E-state index in [4.69, 9.17) is 4.98 Å². The van der Waals surface area contributed by atoms with E-state index in [1.165, 1.54) is 59.7 Å². The zero-order valence-electron chi connectivity index (χ0n) is 26.7. The first kappa shape index (κ1) is 27.6. The molecule has 2 heterocycles. The molecule has 0 unspecified atom stereocenters. The quantitative estimate of drug-likeness (QED) is 0.191. The molecular formula is C47H30N2. The van der Waals surface area contributed by atoms with Crippen LogP contribution < -0.4 is 0 Å². The predicted molar refractivity (Wildman–Crippen MR) is 207 cm³/mol. The van der Waals surface area contributed by atoms with Crippen LogP contribution in [0.15, 0.2) is 182 Å². The molecule has 8 aromatic carbocycles. The number of hydrogen-bond acceptors (Lipinski definition) is 1. The number of nitrogens with zero attached hydrogens (tertiary/aromatic N) is 2. The molecule has 0 spiro atoms. The molecule has 2 heteroatoms. The van der Waals surface area contributed by atoms with E-state index < -0.39 is 0 Å². The van der Waals surface area contributed by atoms with Gasteiger partial charge in [-0.1, -0.05) is 152 Å². The molecule has 0 aliphatic carbocycles. The maximum Gasteiger partial charge on any atom is 0.0721 e. The molecule has 2 aromatic heterocycles. The fraction of sp³-hybridized carbons (Fsp3) is 0. The lowest BCUT2D eigenvalue weighted by Crippen LogP contribution is -1.97. The Hall–Kier alpha value is -6.51. The van der Waals surface area contributed by atoms with Crippen molar-refractivity contribution in [1.82, 2.24) is 9.55 Å². The molecule has 0 saturated heterocycles. The molecule has 0 radical (unpaired) electrons. The summed E-state index contributed by atoms with van der Waals surface area (Å²) in [6, 6.07) is 65.5. The topological polar surface area (TPSA) is 17.8 Å². The standard InChI is InChI=1S/C47H30N2/c1-3-13-31(14-4-1)35-29-41(34-17-5-2-6-18-34)48-42(30-35)39-25-28-43(40-22-12-11-21-38(39)40)49-44-26-23-32-15-7-9-19-36(32)46(44)47-37-20-10-8-16-33(37)24-27-45(47)49/h1-30H. The van der Waals surface area contributed by atoms with Crippen LogP contribution in [0.4, 0.5) is 0 Å². The van der Waals surface area contributed by atoms with Gasteiger partial charge in [-0.3, -0.25) is 0 Å². The van der Waals surface area contributed by atoms with E-state index in [1.54, 1.807) is 0 Å². The van der Waals surface area contributed by atoms with E-state index >= 15 is 0 Å². The van der Waals surface area contributed by atoms with Gasteiger partial charge in [-0.15, -0.1) is 0 Å². The van der Waals surface area contributed by atoms with Gasteiger partial charge in [0.2, 0.25) is 0 Å². The smallest absolute Gasteiger partial charge is 0.0721 e. The first-order valence-corrected chi connectivity index (χ1v) is 16.8. The largest absolute Gasteiger partial charge is 0.309 e. The normalized spacial score (nSPS) is 11.7. The predicted octanol–water partition coefficient (Wildman–Crippen LogP) is 12.6. The lowest BCUT2D eigenvalue weighted by atomic mass is 9.96. The minimum absolute atomic E-state index is 0.960. The number of fused-ring (bicyclic) bond motifs is 8. The zero-order chi connectivity index (χ0) is 32.3. The van der Waals surface area contributed by atoms with Gasteiger partial charge < -0.3 is 4.57 Å². The van der Waals surface area contributed by atoms with E-state index in [-0.39, 0.29) is 0 Å². The van der Waals surface area contributed by atoms with Crippen LogP contribution in [-0.2, 0) is 0 Å². The summed E-state index contributed by atoms with van der Waals surface area (Å²) in [5.74, 6) is 0. The highest BCUT2D eigenvalue weighted by atomic mass is 15.0. The van der Waals surface area contributed by atoms with E-state index in [0.29, 0.717) is 0 Å². The lowest BCUT2D eigenvalue weighted by molar-refractivity contribution is 1.20. The molecule has 0 saturated carbocycles. The second-order valence-electron chi connectivity index (χ2n) is 12.7. The number of pyridine rings is 1. The maximum absolute atomic E-state index is 5.30. The Labute approximate surface area is 284 Å². The van der Waals surface area contributed by atoms with Crippen LogP contribution in [-0.4, -0.2) is 9.55 Å². The Bertz CT molecular complexity index is 2710. The van der Waals surface area contributed by atoms with E-state index in [2.05, 4.69) is 187 Å². The second kappa shape index (κ2) is 11.0. The fourth-order valence-corrected chi connectivity index (χ4v) is 7.73. The molecule has 0 atom stereocenters. The summed E-state index contributed by atoms with van der Waals surface area (Å²) in [6.07, 6.45) is 0. The highest BCUT2D eigenvalue weighted by Crippen LogP contribution is 2.43. The molecule has 49 heavy (non-hydrogen) atoms. The first-order chi connectivity index (χ1) is 24.3. The molecule has 0 aliphatic heterocycles. The fourth-order valence-electron chi connectivity index (χ4n) is 7.73. The van der Waals surface area contributed by atoms with Gasteiger partial charge in [-0.2, -0.15) is 0 Å². The van der Waals surface area contributed by atoms with Gasteiger partial charge in [0.05, 0.1) is 28.1 Å². The Balaban J connectivity index is 1.27. The molecule has 10 rings (SSSR count). The second-order valence-corrected chi connectivity index (χ2v) is 12.7. The molecule has 2 nitrogen and oxygen atoms in total. The van der Waals surface area contributed by atoms with Crippen molar-refractivity contribution in [2.24, 2.45) is 0 Å². The summed E-state index contributed by atoms with van der Waals surface area (Å²) in [5.41, 5.74) is 10.0. The monoisotopic (exact) mass is 622 g/mol. The van der Waals surface area contributed by atoms with Crippen LogP contribution in [0.25, 0.3) is 93.5 Å². The van der Waals surface area contributed by atoms with Crippen LogP contribution in [0.5, 0.6) is 0 Å². The average molecular weight is 623 g/mol. The van der Waals surface area contributed by atoms with Gasteiger partial charge in [0.15, 0.2) is 0 Å².